The highest BCUT2D eigenvalue weighted by Crippen LogP contribution is 2.18. The van der Waals surface area contributed by atoms with E-state index in [0.717, 1.165) is 22.5 Å². The highest BCUT2D eigenvalue weighted by molar-refractivity contribution is 5.86. The summed E-state index contributed by atoms with van der Waals surface area (Å²) in [6.07, 6.45) is 2.47. The molecule has 0 bridgehead atoms. The lowest BCUT2D eigenvalue weighted by atomic mass is 10.1. The third-order valence-electron chi connectivity index (χ3n) is 2.23. The maximum Gasteiger partial charge on any atom is 0.329 e. The Morgan fingerprint density at radius 3 is 2.62 bits per heavy atom. The average Bonchev–Trinajstić information content (AvgIpc) is 2.28. The van der Waals surface area contributed by atoms with E-state index in [1.807, 2.05) is 42.5 Å². The summed E-state index contributed by atoms with van der Waals surface area (Å²) in [6.45, 7) is 0. The average molecular weight is 213 g/mol. The van der Waals surface area contributed by atoms with Crippen LogP contribution in [0.5, 0.6) is 0 Å². The minimum Gasteiger partial charge on any atom is -0.478 e. The van der Waals surface area contributed by atoms with Crippen LogP contribution in [0.3, 0.4) is 0 Å². The number of anilines is 1. The van der Waals surface area contributed by atoms with Crippen LogP contribution in [0.2, 0.25) is 0 Å². The molecule has 0 heterocycles. The Kier molecular flexibility index (Phi) is 2.87. The van der Waals surface area contributed by atoms with Gasteiger partial charge in [0.05, 0.1) is 0 Å². The minimum absolute atomic E-state index is 0.871. The number of carbonyl (C=O) groups is 1. The molecule has 16 heavy (non-hydrogen) atoms. The van der Waals surface area contributed by atoms with Crippen molar-refractivity contribution in [1.82, 2.24) is 0 Å². The van der Waals surface area contributed by atoms with Gasteiger partial charge >= 0.3 is 5.97 Å². The minimum atomic E-state index is -0.965. The van der Waals surface area contributed by atoms with Gasteiger partial charge in [-0.3, -0.25) is 0 Å². The molecule has 0 aliphatic rings. The number of benzene rings is 2. The van der Waals surface area contributed by atoms with Crippen LogP contribution < -0.4 is 5.32 Å². The molecule has 2 aromatic rings. The van der Waals surface area contributed by atoms with Gasteiger partial charge in [0.15, 0.2) is 0 Å². The third kappa shape index (κ3) is 2.39. The lowest BCUT2D eigenvalue weighted by Crippen LogP contribution is -1.92. The van der Waals surface area contributed by atoms with Crippen LogP contribution in [0.25, 0.3) is 10.8 Å². The van der Waals surface area contributed by atoms with Crippen LogP contribution in [-0.2, 0) is 4.79 Å². The molecule has 2 aromatic carbocycles. The number of fused-ring (bicyclic) bond motifs is 1. The van der Waals surface area contributed by atoms with Crippen molar-refractivity contribution in [3.63, 3.8) is 0 Å². The molecule has 0 aliphatic heterocycles. The van der Waals surface area contributed by atoms with Gasteiger partial charge in [0, 0.05) is 18.0 Å². The summed E-state index contributed by atoms with van der Waals surface area (Å²) in [5.74, 6) is -0.965. The van der Waals surface area contributed by atoms with Crippen molar-refractivity contribution in [3.8, 4) is 0 Å². The molecule has 0 radical (unpaired) electrons. The predicted molar refractivity (Wildman–Crippen MR) is 64.3 cm³/mol. The van der Waals surface area contributed by atoms with Crippen molar-refractivity contribution in [2.75, 3.05) is 5.32 Å². The molecule has 2 rings (SSSR count). The molecule has 2 N–H and O–H groups in total. The molecule has 80 valence electrons. The topological polar surface area (TPSA) is 49.3 Å². The summed E-state index contributed by atoms with van der Waals surface area (Å²) in [5.41, 5.74) is 0.871. The summed E-state index contributed by atoms with van der Waals surface area (Å²) in [6, 6.07) is 13.9. The zero-order chi connectivity index (χ0) is 11.4. The first kappa shape index (κ1) is 10.2. The molecule has 0 amide bonds. The largest absolute Gasteiger partial charge is 0.478 e. The summed E-state index contributed by atoms with van der Waals surface area (Å²) >= 11 is 0. The van der Waals surface area contributed by atoms with Gasteiger partial charge in [0.1, 0.15) is 0 Å². The lowest BCUT2D eigenvalue weighted by Gasteiger charge is -2.02. The van der Waals surface area contributed by atoms with E-state index < -0.39 is 5.97 Å². The Balaban J connectivity index is 2.23. The van der Waals surface area contributed by atoms with Gasteiger partial charge in [-0.05, 0) is 22.9 Å². The molecular weight excluding hydrogens is 202 g/mol. The Hall–Kier alpha value is -2.29. The molecule has 0 fully saturated rings. The fourth-order valence-electron chi connectivity index (χ4n) is 1.49. The smallest absolute Gasteiger partial charge is 0.329 e. The number of rotatable bonds is 3. The van der Waals surface area contributed by atoms with Crippen molar-refractivity contribution >= 4 is 22.4 Å². The monoisotopic (exact) mass is 213 g/mol. The number of carboxylic acids is 1. The number of carboxylic acid groups (broad SMARTS) is 1. The van der Waals surface area contributed by atoms with Gasteiger partial charge in [-0.25, -0.2) is 4.79 Å². The van der Waals surface area contributed by atoms with Crippen molar-refractivity contribution in [3.05, 3.63) is 54.7 Å². The number of hydrogen-bond acceptors (Lipinski definition) is 2. The van der Waals surface area contributed by atoms with Crippen LogP contribution in [0.4, 0.5) is 5.69 Å². The fraction of sp³-hybridized carbons (Fsp3) is 0. The first-order valence-electron chi connectivity index (χ1n) is 4.90. The van der Waals surface area contributed by atoms with Gasteiger partial charge in [0.2, 0.25) is 0 Å². The summed E-state index contributed by atoms with van der Waals surface area (Å²) in [4.78, 5) is 10.3. The second kappa shape index (κ2) is 4.49. The Labute approximate surface area is 93.0 Å². The molecule has 0 unspecified atom stereocenters. The zero-order valence-electron chi connectivity index (χ0n) is 8.55. The van der Waals surface area contributed by atoms with Crippen molar-refractivity contribution < 1.29 is 9.90 Å². The number of nitrogens with one attached hydrogen (secondary N) is 1. The Morgan fingerprint density at radius 1 is 1.12 bits per heavy atom. The molecule has 0 aromatic heterocycles. The van der Waals surface area contributed by atoms with E-state index >= 15 is 0 Å². The second-order valence-corrected chi connectivity index (χ2v) is 3.38. The van der Waals surface area contributed by atoms with E-state index in [9.17, 15) is 4.79 Å². The highest BCUT2D eigenvalue weighted by Gasteiger charge is 1.93. The van der Waals surface area contributed by atoms with E-state index in [2.05, 4.69) is 5.32 Å². The van der Waals surface area contributed by atoms with Gasteiger partial charge in [-0.1, -0.05) is 30.3 Å². The quantitative estimate of drug-likeness (QED) is 0.771. The van der Waals surface area contributed by atoms with Crippen molar-refractivity contribution in [1.29, 1.82) is 0 Å². The fourth-order valence-corrected chi connectivity index (χ4v) is 1.49. The molecule has 0 spiro atoms. The van der Waals surface area contributed by atoms with Crippen LogP contribution in [0, 0.1) is 0 Å². The maximum atomic E-state index is 10.3. The molecule has 0 aliphatic carbocycles. The number of aliphatic carboxylic acids is 1. The Morgan fingerprint density at radius 2 is 1.88 bits per heavy atom. The van der Waals surface area contributed by atoms with Crippen LogP contribution in [-0.4, -0.2) is 11.1 Å². The number of hydrogen-bond donors (Lipinski definition) is 2. The highest BCUT2D eigenvalue weighted by atomic mass is 16.4. The standard InChI is InChI=1S/C13H11NO2/c15-13(16)7-8-14-12-6-5-10-3-1-2-4-11(10)9-12/h1-9,14H,(H,15,16)/b8-7+. The van der Waals surface area contributed by atoms with Gasteiger partial charge in [-0.2, -0.15) is 0 Å². The van der Waals surface area contributed by atoms with E-state index in [1.165, 1.54) is 6.20 Å². The van der Waals surface area contributed by atoms with Crippen molar-refractivity contribution in [2.24, 2.45) is 0 Å². The first-order chi connectivity index (χ1) is 7.75. The lowest BCUT2D eigenvalue weighted by molar-refractivity contribution is -0.131. The predicted octanol–water partition coefficient (Wildman–Crippen LogP) is 2.85. The molecule has 0 atom stereocenters. The maximum absolute atomic E-state index is 10.3. The van der Waals surface area contributed by atoms with Crippen molar-refractivity contribution in [2.45, 2.75) is 0 Å². The third-order valence-corrected chi connectivity index (χ3v) is 2.23. The molecular formula is C13H11NO2. The van der Waals surface area contributed by atoms with E-state index in [0.29, 0.717) is 0 Å². The summed E-state index contributed by atoms with van der Waals surface area (Å²) < 4.78 is 0. The van der Waals surface area contributed by atoms with E-state index in [-0.39, 0.29) is 0 Å². The van der Waals surface area contributed by atoms with Gasteiger partial charge < -0.3 is 10.4 Å². The molecule has 0 saturated heterocycles. The summed E-state index contributed by atoms with van der Waals surface area (Å²) in [5, 5.41) is 13.6. The molecule has 3 heteroatoms. The van der Waals surface area contributed by atoms with Crippen LogP contribution >= 0.6 is 0 Å². The van der Waals surface area contributed by atoms with Crippen LogP contribution in [0.15, 0.2) is 54.7 Å². The first-order valence-corrected chi connectivity index (χ1v) is 4.90. The SMILES string of the molecule is O=C(O)/C=C/Nc1ccc2ccccc2c1. The van der Waals surface area contributed by atoms with E-state index in [1.54, 1.807) is 0 Å². The molecule has 3 nitrogen and oxygen atoms in total. The van der Waals surface area contributed by atoms with Crippen LogP contribution in [0.1, 0.15) is 0 Å². The van der Waals surface area contributed by atoms with Gasteiger partial charge in [0.25, 0.3) is 0 Å². The normalized spacial score (nSPS) is 10.8. The van der Waals surface area contributed by atoms with Gasteiger partial charge in [-0.15, -0.1) is 0 Å². The Bertz CT molecular complexity index is 546. The second-order valence-electron chi connectivity index (χ2n) is 3.38. The summed E-state index contributed by atoms with van der Waals surface area (Å²) in [7, 11) is 0. The van der Waals surface area contributed by atoms with E-state index in [4.69, 9.17) is 5.11 Å². The zero-order valence-corrected chi connectivity index (χ0v) is 8.55. The molecule has 0 saturated carbocycles.